The van der Waals surface area contributed by atoms with E-state index in [-0.39, 0.29) is 6.04 Å². The van der Waals surface area contributed by atoms with E-state index >= 15 is 0 Å². The molecule has 0 saturated carbocycles. The second kappa shape index (κ2) is 3.64. The minimum Gasteiger partial charge on any atom is -0.324 e. The standard InChI is InChI=1S/C11H13N3/c1-9(12)10-2-4-11(5-3-10)14-7-6-13-8-14/h2-9H,12H2,1H3. The second-order valence-electron chi connectivity index (χ2n) is 3.35. The van der Waals surface area contributed by atoms with Gasteiger partial charge < -0.3 is 10.3 Å². The van der Waals surface area contributed by atoms with Crippen molar-refractivity contribution in [3.05, 3.63) is 48.5 Å². The Kier molecular flexibility index (Phi) is 2.33. The molecule has 1 aromatic carbocycles. The van der Waals surface area contributed by atoms with E-state index in [0.29, 0.717) is 0 Å². The van der Waals surface area contributed by atoms with Gasteiger partial charge in [-0.25, -0.2) is 4.98 Å². The fraction of sp³-hybridized carbons (Fsp3) is 0.182. The molecule has 0 saturated heterocycles. The maximum absolute atomic E-state index is 5.76. The molecule has 0 fully saturated rings. The number of imidazole rings is 1. The summed E-state index contributed by atoms with van der Waals surface area (Å²) in [5.41, 5.74) is 8.01. The van der Waals surface area contributed by atoms with Gasteiger partial charge in [0, 0.05) is 24.1 Å². The van der Waals surface area contributed by atoms with Crippen LogP contribution in [0.15, 0.2) is 43.0 Å². The van der Waals surface area contributed by atoms with E-state index in [2.05, 4.69) is 4.98 Å². The van der Waals surface area contributed by atoms with E-state index in [0.717, 1.165) is 11.3 Å². The Morgan fingerprint density at radius 1 is 1.29 bits per heavy atom. The average Bonchev–Trinajstić information content (AvgIpc) is 2.71. The van der Waals surface area contributed by atoms with E-state index in [4.69, 9.17) is 5.73 Å². The molecular weight excluding hydrogens is 174 g/mol. The molecule has 2 aromatic rings. The van der Waals surface area contributed by atoms with Crippen molar-refractivity contribution < 1.29 is 0 Å². The molecule has 0 spiro atoms. The van der Waals surface area contributed by atoms with Gasteiger partial charge in [0.05, 0.1) is 6.33 Å². The summed E-state index contributed by atoms with van der Waals surface area (Å²) in [6.45, 7) is 1.98. The lowest BCUT2D eigenvalue weighted by molar-refractivity contribution is 0.817. The number of benzene rings is 1. The highest BCUT2D eigenvalue weighted by Crippen LogP contribution is 2.13. The Hall–Kier alpha value is -1.61. The monoisotopic (exact) mass is 187 g/mol. The van der Waals surface area contributed by atoms with Gasteiger partial charge >= 0.3 is 0 Å². The number of hydrogen-bond donors (Lipinski definition) is 1. The molecule has 2 rings (SSSR count). The molecule has 0 amide bonds. The molecule has 72 valence electrons. The molecule has 1 heterocycles. The van der Waals surface area contributed by atoms with Crippen LogP contribution in [-0.4, -0.2) is 9.55 Å². The quantitative estimate of drug-likeness (QED) is 0.780. The van der Waals surface area contributed by atoms with Crippen molar-refractivity contribution in [2.24, 2.45) is 5.73 Å². The smallest absolute Gasteiger partial charge is 0.0991 e. The van der Waals surface area contributed by atoms with Crippen LogP contribution in [0, 0.1) is 0 Å². The summed E-state index contributed by atoms with van der Waals surface area (Å²) < 4.78 is 1.96. The van der Waals surface area contributed by atoms with Gasteiger partial charge in [-0.05, 0) is 24.6 Å². The van der Waals surface area contributed by atoms with Gasteiger partial charge in [0.25, 0.3) is 0 Å². The van der Waals surface area contributed by atoms with Gasteiger partial charge in [0.2, 0.25) is 0 Å². The minimum atomic E-state index is 0.0897. The van der Waals surface area contributed by atoms with E-state index in [1.54, 1.807) is 12.5 Å². The third-order valence-corrected chi connectivity index (χ3v) is 2.22. The lowest BCUT2D eigenvalue weighted by atomic mass is 10.1. The molecule has 1 unspecified atom stereocenters. The number of nitrogens with zero attached hydrogens (tertiary/aromatic N) is 2. The molecule has 0 aliphatic carbocycles. The highest BCUT2D eigenvalue weighted by molar-refractivity contribution is 5.35. The van der Waals surface area contributed by atoms with Crippen LogP contribution in [0.1, 0.15) is 18.5 Å². The SMILES string of the molecule is CC(N)c1ccc(-n2ccnc2)cc1. The van der Waals surface area contributed by atoms with Crippen LogP contribution in [0.4, 0.5) is 0 Å². The summed E-state index contributed by atoms with van der Waals surface area (Å²) in [6, 6.07) is 8.26. The number of nitrogens with two attached hydrogens (primary N) is 1. The molecule has 2 N–H and O–H groups in total. The van der Waals surface area contributed by atoms with Gasteiger partial charge in [-0.1, -0.05) is 12.1 Å². The van der Waals surface area contributed by atoms with Crippen LogP contribution in [0.2, 0.25) is 0 Å². The molecule has 0 radical (unpaired) electrons. The predicted molar refractivity (Wildman–Crippen MR) is 56.2 cm³/mol. The fourth-order valence-electron chi connectivity index (χ4n) is 1.36. The van der Waals surface area contributed by atoms with Gasteiger partial charge in [-0.3, -0.25) is 0 Å². The van der Waals surface area contributed by atoms with Crippen molar-refractivity contribution in [1.82, 2.24) is 9.55 Å². The van der Waals surface area contributed by atoms with E-state index in [9.17, 15) is 0 Å². The zero-order chi connectivity index (χ0) is 9.97. The summed E-state index contributed by atoms with van der Waals surface area (Å²) in [5.74, 6) is 0. The van der Waals surface area contributed by atoms with Crippen LogP contribution in [-0.2, 0) is 0 Å². The first-order valence-electron chi connectivity index (χ1n) is 4.61. The Balaban J connectivity index is 2.31. The first-order chi connectivity index (χ1) is 6.77. The van der Waals surface area contributed by atoms with Gasteiger partial charge in [-0.2, -0.15) is 0 Å². The topological polar surface area (TPSA) is 43.8 Å². The van der Waals surface area contributed by atoms with Gasteiger partial charge in [0.1, 0.15) is 0 Å². The van der Waals surface area contributed by atoms with Crippen LogP contribution in [0.3, 0.4) is 0 Å². The van der Waals surface area contributed by atoms with Crippen molar-refractivity contribution in [2.75, 3.05) is 0 Å². The number of aromatic nitrogens is 2. The van der Waals surface area contributed by atoms with Crippen molar-refractivity contribution in [1.29, 1.82) is 0 Å². The van der Waals surface area contributed by atoms with Gasteiger partial charge in [0.15, 0.2) is 0 Å². The molecule has 3 heteroatoms. The zero-order valence-electron chi connectivity index (χ0n) is 8.09. The van der Waals surface area contributed by atoms with Crippen LogP contribution < -0.4 is 5.73 Å². The number of hydrogen-bond acceptors (Lipinski definition) is 2. The van der Waals surface area contributed by atoms with Crippen LogP contribution >= 0.6 is 0 Å². The lowest BCUT2D eigenvalue weighted by Crippen LogP contribution is -2.04. The Morgan fingerprint density at radius 2 is 2.00 bits per heavy atom. The lowest BCUT2D eigenvalue weighted by Gasteiger charge is -2.07. The molecule has 0 aliphatic rings. The molecule has 3 nitrogen and oxygen atoms in total. The van der Waals surface area contributed by atoms with E-state index in [1.165, 1.54) is 0 Å². The fourth-order valence-corrected chi connectivity index (χ4v) is 1.36. The summed E-state index contributed by atoms with van der Waals surface area (Å²) in [4.78, 5) is 3.99. The van der Waals surface area contributed by atoms with Gasteiger partial charge in [-0.15, -0.1) is 0 Å². The van der Waals surface area contributed by atoms with Crippen molar-refractivity contribution in [3.63, 3.8) is 0 Å². The normalized spacial score (nSPS) is 12.7. The van der Waals surface area contributed by atoms with Crippen molar-refractivity contribution in [3.8, 4) is 5.69 Å². The Bertz CT molecular complexity index is 387. The number of rotatable bonds is 2. The third kappa shape index (κ3) is 1.67. The molecule has 0 aliphatic heterocycles. The van der Waals surface area contributed by atoms with E-state index < -0.39 is 0 Å². The summed E-state index contributed by atoms with van der Waals surface area (Å²) >= 11 is 0. The first-order valence-corrected chi connectivity index (χ1v) is 4.61. The highest BCUT2D eigenvalue weighted by atomic mass is 15.0. The summed E-state index contributed by atoms with van der Waals surface area (Å²) in [7, 11) is 0. The molecule has 1 atom stereocenters. The molecule has 14 heavy (non-hydrogen) atoms. The molecular formula is C11H13N3. The van der Waals surface area contributed by atoms with Crippen molar-refractivity contribution >= 4 is 0 Å². The maximum atomic E-state index is 5.76. The Morgan fingerprint density at radius 3 is 2.50 bits per heavy atom. The highest BCUT2D eigenvalue weighted by Gasteiger charge is 1.99. The minimum absolute atomic E-state index is 0.0897. The zero-order valence-corrected chi connectivity index (χ0v) is 8.09. The summed E-state index contributed by atoms with van der Waals surface area (Å²) in [6.07, 6.45) is 5.46. The first kappa shape index (κ1) is 8.97. The Labute approximate surface area is 83.2 Å². The van der Waals surface area contributed by atoms with Crippen molar-refractivity contribution in [2.45, 2.75) is 13.0 Å². The summed E-state index contributed by atoms with van der Waals surface area (Å²) in [5, 5.41) is 0. The molecule has 0 bridgehead atoms. The molecule has 1 aromatic heterocycles. The van der Waals surface area contributed by atoms with Crippen LogP contribution in [0.5, 0.6) is 0 Å². The third-order valence-electron chi connectivity index (χ3n) is 2.22. The second-order valence-corrected chi connectivity index (χ2v) is 3.35. The van der Waals surface area contributed by atoms with E-state index in [1.807, 2.05) is 42.0 Å². The maximum Gasteiger partial charge on any atom is 0.0991 e. The average molecular weight is 187 g/mol. The largest absolute Gasteiger partial charge is 0.324 e. The predicted octanol–water partition coefficient (Wildman–Crippen LogP) is 1.89. The van der Waals surface area contributed by atoms with Crippen LogP contribution in [0.25, 0.3) is 5.69 Å².